The number of aromatic nitrogens is 2. The molecule has 0 fully saturated rings. The largest absolute Gasteiger partial charge is 0.332 e. The molecule has 19 heavy (non-hydrogen) atoms. The van der Waals surface area contributed by atoms with E-state index in [4.69, 9.17) is 0 Å². The van der Waals surface area contributed by atoms with Crippen molar-refractivity contribution >= 4 is 5.78 Å². The first-order chi connectivity index (χ1) is 9.19. The first kappa shape index (κ1) is 15.9. The van der Waals surface area contributed by atoms with Crippen LogP contribution in [0.15, 0.2) is 12.4 Å². The van der Waals surface area contributed by atoms with Crippen molar-refractivity contribution in [2.75, 3.05) is 0 Å². The van der Waals surface area contributed by atoms with E-state index >= 15 is 0 Å². The Morgan fingerprint density at radius 2 is 2.00 bits per heavy atom. The van der Waals surface area contributed by atoms with E-state index in [-0.39, 0.29) is 5.78 Å². The van der Waals surface area contributed by atoms with Crippen LogP contribution >= 0.6 is 0 Å². The molecule has 0 saturated heterocycles. The number of carbonyl (C=O) groups excluding carboxylic acids is 1. The summed E-state index contributed by atoms with van der Waals surface area (Å²) in [5.74, 6) is 1.31. The molecule has 3 heteroatoms. The molecule has 1 heterocycles. The van der Waals surface area contributed by atoms with Crippen molar-refractivity contribution in [1.29, 1.82) is 0 Å². The third kappa shape index (κ3) is 5.58. The molecular formula is C16H28N2O. The molecule has 1 aromatic rings. The highest BCUT2D eigenvalue weighted by Crippen LogP contribution is 2.20. The number of hydrogen-bond donors (Lipinski definition) is 0. The number of imidazole rings is 1. The number of unbranched alkanes of at least 4 members (excludes halogenated alkanes) is 4. The van der Waals surface area contributed by atoms with E-state index in [2.05, 4.69) is 18.8 Å². The summed E-state index contributed by atoms with van der Waals surface area (Å²) < 4.78 is 1.82. The van der Waals surface area contributed by atoms with E-state index in [1.165, 1.54) is 38.5 Å². The molecule has 0 aliphatic rings. The van der Waals surface area contributed by atoms with Crippen molar-refractivity contribution in [2.45, 2.75) is 65.2 Å². The molecule has 0 radical (unpaired) electrons. The van der Waals surface area contributed by atoms with Crippen LogP contribution in [0, 0.1) is 5.92 Å². The fraction of sp³-hybridized carbons (Fsp3) is 0.750. The standard InChI is InChI=1S/C16H28N2O/c1-4-6-7-8-9-10-14(5-2)13-15(19)16-17-11-12-18(16)3/h11-12,14H,4-10,13H2,1-3H3/t14-/m1/s1. The van der Waals surface area contributed by atoms with Gasteiger partial charge in [-0.15, -0.1) is 0 Å². The first-order valence-electron chi connectivity index (χ1n) is 7.69. The lowest BCUT2D eigenvalue weighted by Crippen LogP contribution is -2.12. The van der Waals surface area contributed by atoms with Crippen LogP contribution in [-0.2, 0) is 7.05 Å². The van der Waals surface area contributed by atoms with Gasteiger partial charge in [0.05, 0.1) is 0 Å². The predicted molar refractivity (Wildman–Crippen MR) is 79.3 cm³/mol. The molecule has 0 spiro atoms. The Kier molecular flexibility index (Phi) is 7.46. The summed E-state index contributed by atoms with van der Waals surface area (Å²) in [7, 11) is 1.88. The van der Waals surface area contributed by atoms with Crippen molar-refractivity contribution < 1.29 is 4.79 Å². The minimum absolute atomic E-state index is 0.188. The number of ketones is 1. The Morgan fingerprint density at radius 3 is 2.58 bits per heavy atom. The van der Waals surface area contributed by atoms with E-state index in [1.54, 1.807) is 6.20 Å². The molecule has 0 N–H and O–H groups in total. The molecule has 0 bridgehead atoms. The number of nitrogens with zero attached hydrogens (tertiary/aromatic N) is 2. The number of carbonyl (C=O) groups is 1. The van der Waals surface area contributed by atoms with E-state index in [0.29, 0.717) is 18.2 Å². The zero-order valence-corrected chi connectivity index (χ0v) is 12.7. The maximum Gasteiger partial charge on any atom is 0.198 e. The van der Waals surface area contributed by atoms with Crippen LogP contribution in [0.5, 0.6) is 0 Å². The summed E-state index contributed by atoms with van der Waals surface area (Å²) in [6.07, 6.45) is 13.0. The fourth-order valence-electron chi connectivity index (χ4n) is 2.47. The van der Waals surface area contributed by atoms with Crippen LogP contribution in [0.2, 0.25) is 0 Å². The van der Waals surface area contributed by atoms with Gasteiger partial charge in [0.25, 0.3) is 0 Å². The molecule has 0 amide bonds. The van der Waals surface area contributed by atoms with Gasteiger partial charge < -0.3 is 4.57 Å². The predicted octanol–water partition coefficient (Wildman–Crippen LogP) is 4.38. The highest BCUT2D eigenvalue weighted by atomic mass is 16.1. The Balaban J connectivity index is 2.32. The molecule has 1 aromatic heterocycles. The number of hydrogen-bond acceptors (Lipinski definition) is 2. The average Bonchev–Trinajstić information content (AvgIpc) is 2.83. The van der Waals surface area contributed by atoms with Crippen molar-refractivity contribution in [3.8, 4) is 0 Å². The lowest BCUT2D eigenvalue weighted by atomic mass is 9.93. The lowest BCUT2D eigenvalue weighted by molar-refractivity contribution is 0.0943. The van der Waals surface area contributed by atoms with E-state index in [0.717, 1.165) is 6.42 Å². The third-order valence-corrected chi connectivity index (χ3v) is 3.84. The number of rotatable bonds is 10. The number of aryl methyl sites for hydroxylation is 1. The summed E-state index contributed by atoms with van der Waals surface area (Å²) in [5.41, 5.74) is 0. The Morgan fingerprint density at radius 1 is 1.26 bits per heavy atom. The normalized spacial score (nSPS) is 12.6. The average molecular weight is 264 g/mol. The maximum atomic E-state index is 12.1. The summed E-state index contributed by atoms with van der Waals surface area (Å²) in [6, 6.07) is 0. The molecule has 0 aliphatic carbocycles. The Bertz CT molecular complexity index is 371. The van der Waals surface area contributed by atoms with Gasteiger partial charge in [0.2, 0.25) is 0 Å². The first-order valence-corrected chi connectivity index (χ1v) is 7.69. The van der Waals surface area contributed by atoms with Gasteiger partial charge in [-0.1, -0.05) is 58.8 Å². The molecule has 3 nitrogen and oxygen atoms in total. The fourth-order valence-corrected chi connectivity index (χ4v) is 2.47. The van der Waals surface area contributed by atoms with Crippen molar-refractivity contribution in [3.05, 3.63) is 18.2 Å². The van der Waals surface area contributed by atoms with E-state index in [9.17, 15) is 4.79 Å². The summed E-state index contributed by atoms with van der Waals surface area (Å²) in [4.78, 5) is 16.3. The monoisotopic (exact) mass is 264 g/mol. The van der Waals surface area contributed by atoms with Gasteiger partial charge in [-0.2, -0.15) is 0 Å². The topological polar surface area (TPSA) is 34.9 Å². The lowest BCUT2D eigenvalue weighted by Gasteiger charge is -2.13. The van der Waals surface area contributed by atoms with Crippen molar-refractivity contribution in [3.63, 3.8) is 0 Å². The van der Waals surface area contributed by atoms with Crippen LogP contribution in [0.25, 0.3) is 0 Å². The van der Waals surface area contributed by atoms with Crippen LogP contribution < -0.4 is 0 Å². The van der Waals surface area contributed by atoms with Gasteiger partial charge >= 0.3 is 0 Å². The van der Waals surface area contributed by atoms with Gasteiger partial charge in [0.15, 0.2) is 11.6 Å². The molecule has 1 rings (SSSR count). The summed E-state index contributed by atoms with van der Waals surface area (Å²) >= 11 is 0. The highest BCUT2D eigenvalue weighted by molar-refractivity contribution is 5.92. The minimum Gasteiger partial charge on any atom is -0.332 e. The SMILES string of the molecule is CCCCCCC[C@@H](CC)CC(=O)c1nccn1C. The summed E-state index contributed by atoms with van der Waals surface area (Å²) in [6.45, 7) is 4.42. The van der Waals surface area contributed by atoms with Gasteiger partial charge in [0.1, 0.15) is 0 Å². The Hall–Kier alpha value is -1.12. The van der Waals surface area contributed by atoms with E-state index < -0.39 is 0 Å². The second-order valence-corrected chi connectivity index (χ2v) is 5.47. The molecule has 0 aliphatic heterocycles. The van der Waals surface area contributed by atoms with Gasteiger partial charge in [-0.25, -0.2) is 4.98 Å². The molecule has 0 unspecified atom stereocenters. The number of Topliss-reactive ketones (excluding diaryl/α,β-unsaturated/α-hetero) is 1. The van der Waals surface area contributed by atoms with Crippen LogP contribution in [0.1, 0.15) is 75.8 Å². The van der Waals surface area contributed by atoms with Crippen molar-refractivity contribution in [2.24, 2.45) is 13.0 Å². The Labute approximate surface area is 117 Å². The maximum absolute atomic E-state index is 12.1. The third-order valence-electron chi connectivity index (χ3n) is 3.84. The summed E-state index contributed by atoms with van der Waals surface area (Å²) in [5, 5.41) is 0. The van der Waals surface area contributed by atoms with E-state index in [1.807, 2.05) is 17.8 Å². The van der Waals surface area contributed by atoms with Gasteiger partial charge in [-0.05, 0) is 5.92 Å². The van der Waals surface area contributed by atoms with Gasteiger partial charge in [0, 0.05) is 25.9 Å². The second-order valence-electron chi connectivity index (χ2n) is 5.47. The highest BCUT2D eigenvalue weighted by Gasteiger charge is 2.16. The molecular weight excluding hydrogens is 236 g/mol. The zero-order chi connectivity index (χ0) is 14.1. The van der Waals surface area contributed by atoms with Crippen molar-refractivity contribution in [1.82, 2.24) is 9.55 Å². The molecule has 1 atom stereocenters. The van der Waals surface area contributed by atoms with Crippen LogP contribution in [-0.4, -0.2) is 15.3 Å². The second kappa shape index (κ2) is 8.89. The van der Waals surface area contributed by atoms with Crippen LogP contribution in [0.4, 0.5) is 0 Å². The zero-order valence-electron chi connectivity index (χ0n) is 12.7. The van der Waals surface area contributed by atoms with Crippen LogP contribution in [0.3, 0.4) is 0 Å². The smallest absolute Gasteiger partial charge is 0.198 e. The van der Waals surface area contributed by atoms with Gasteiger partial charge in [-0.3, -0.25) is 4.79 Å². The minimum atomic E-state index is 0.188. The molecule has 0 saturated carbocycles. The molecule has 0 aromatic carbocycles. The molecule has 108 valence electrons. The quantitative estimate of drug-likeness (QED) is 0.464.